The van der Waals surface area contributed by atoms with Gasteiger partial charge in [-0.25, -0.2) is 14.2 Å². The molecule has 0 bridgehead atoms. The van der Waals surface area contributed by atoms with Crippen molar-refractivity contribution < 1.29 is 9.53 Å². The second-order valence-corrected chi connectivity index (χ2v) is 5.39. The Balaban J connectivity index is 2.88. The van der Waals surface area contributed by atoms with Crippen LogP contribution in [0, 0.1) is 19.3 Å². The Bertz CT molecular complexity index is 879. The van der Waals surface area contributed by atoms with Crippen LogP contribution in [-0.2, 0) is 18.3 Å². The summed E-state index contributed by atoms with van der Waals surface area (Å²) >= 11 is 1.08. The van der Waals surface area contributed by atoms with Gasteiger partial charge in [-0.2, -0.15) is 0 Å². The minimum absolute atomic E-state index is 0.106. The van der Waals surface area contributed by atoms with Crippen LogP contribution in [0.15, 0.2) is 9.59 Å². The van der Waals surface area contributed by atoms with Gasteiger partial charge in [0.05, 0.1) is 18.5 Å². The Labute approximate surface area is 124 Å². The minimum atomic E-state index is -0.498. The maximum atomic E-state index is 12.4. The summed E-state index contributed by atoms with van der Waals surface area (Å²) in [5, 5.41) is 0.334. The molecule has 0 saturated carbocycles. The molecule has 6 nitrogen and oxygen atoms in total. The fourth-order valence-electron chi connectivity index (χ4n) is 2.10. The summed E-state index contributed by atoms with van der Waals surface area (Å²) in [6, 6.07) is 0. The first-order valence-electron chi connectivity index (χ1n) is 6.27. The highest BCUT2D eigenvalue weighted by atomic mass is 32.1. The lowest BCUT2D eigenvalue weighted by atomic mass is 10.2. The smallest absolute Gasteiger partial charge is 0.348 e. The van der Waals surface area contributed by atoms with Crippen LogP contribution in [0.5, 0.6) is 0 Å². The van der Waals surface area contributed by atoms with Crippen LogP contribution in [0.2, 0.25) is 0 Å². The quantitative estimate of drug-likeness (QED) is 0.623. The summed E-state index contributed by atoms with van der Waals surface area (Å²) in [6.45, 7) is 3.51. The molecule has 21 heavy (non-hydrogen) atoms. The summed E-state index contributed by atoms with van der Waals surface area (Å²) < 4.78 is 7.28. The van der Waals surface area contributed by atoms with Gasteiger partial charge < -0.3 is 4.74 Å². The maximum absolute atomic E-state index is 12.4. The number of thiophene rings is 1. The van der Waals surface area contributed by atoms with E-state index >= 15 is 0 Å². The molecule has 0 aliphatic heterocycles. The van der Waals surface area contributed by atoms with E-state index in [0.717, 1.165) is 15.9 Å². The van der Waals surface area contributed by atoms with E-state index in [-0.39, 0.29) is 13.2 Å². The first-order chi connectivity index (χ1) is 9.93. The van der Waals surface area contributed by atoms with Crippen molar-refractivity contribution in [2.75, 3.05) is 6.61 Å². The number of fused-ring (bicyclic) bond motifs is 1. The molecule has 2 aromatic rings. The van der Waals surface area contributed by atoms with Crippen molar-refractivity contribution in [2.45, 2.75) is 20.4 Å². The summed E-state index contributed by atoms with van der Waals surface area (Å²) in [7, 11) is 1.54. The number of carbonyl (C=O) groups is 1. The molecule has 2 heterocycles. The SMILES string of the molecule is C#CCn1c(=O)c2c(C)c(C(=O)OCC)sc2n(C)c1=O. The van der Waals surface area contributed by atoms with Crippen molar-refractivity contribution in [1.29, 1.82) is 0 Å². The van der Waals surface area contributed by atoms with E-state index in [0.29, 0.717) is 20.7 Å². The van der Waals surface area contributed by atoms with Gasteiger partial charge in [-0.15, -0.1) is 17.8 Å². The summed E-state index contributed by atoms with van der Waals surface area (Å²) in [6.07, 6.45) is 5.19. The first kappa shape index (κ1) is 15.1. The zero-order valence-corrected chi connectivity index (χ0v) is 12.7. The molecular formula is C14H14N2O4S. The minimum Gasteiger partial charge on any atom is -0.462 e. The molecule has 2 aromatic heterocycles. The van der Waals surface area contributed by atoms with Gasteiger partial charge in [-0.1, -0.05) is 5.92 Å². The third-order valence-electron chi connectivity index (χ3n) is 3.12. The number of esters is 1. The van der Waals surface area contributed by atoms with Gasteiger partial charge in [0.15, 0.2) is 0 Å². The molecule has 0 spiro atoms. The molecule has 0 unspecified atom stereocenters. The average molecular weight is 306 g/mol. The second kappa shape index (κ2) is 5.58. The monoisotopic (exact) mass is 306 g/mol. The van der Waals surface area contributed by atoms with Gasteiger partial charge in [0.2, 0.25) is 0 Å². The Morgan fingerprint density at radius 2 is 2.10 bits per heavy atom. The predicted molar refractivity (Wildman–Crippen MR) is 80.9 cm³/mol. The van der Waals surface area contributed by atoms with Crippen molar-refractivity contribution in [1.82, 2.24) is 9.13 Å². The van der Waals surface area contributed by atoms with Crippen molar-refractivity contribution in [2.24, 2.45) is 7.05 Å². The number of carbonyl (C=O) groups excluding carboxylic acids is 1. The van der Waals surface area contributed by atoms with Crippen LogP contribution in [0.1, 0.15) is 22.2 Å². The molecule has 0 amide bonds. The third-order valence-corrected chi connectivity index (χ3v) is 4.47. The van der Waals surface area contributed by atoms with Crippen molar-refractivity contribution in [3.63, 3.8) is 0 Å². The molecular weight excluding hydrogens is 292 g/mol. The molecule has 2 rings (SSSR count). The van der Waals surface area contributed by atoms with Gasteiger partial charge in [0, 0.05) is 7.05 Å². The topological polar surface area (TPSA) is 70.3 Å². The van der Waals surface area contributed by atoms with E-state index in [9.17, 15) is 14.4 Å². The van der Waals surface area contributed by atoms with E-state index in [1.165, 1.54) is 4.57 Å². The molecule has 110 valence electrons. The molecule has 0 aliphatic rings. The number of ether oxygens (including phenoxy) is 1. The molecule has 0 saturated heterocycles. The molecule has 0 fully saturated rings. The fraction of sp³-hybridized carbons (Fsp3) is 0.357. The van der Waals surface area contributed by atoms with Crippen LogP contribution >= 0.6 is 11.3 Å². The molecule has 7 heteroatoms. The van der Waals surface area contributed by atoms with Crippen LogP contribution in [0.4, 0.5) is 0 Å². The van der Waals surface area contributed by atoms with Gasteiger partial charge in [-0.3, -0.25) is 9.36 Å². The number of hydrogen-bond donors (Lipinski definition) is 0. The molecule has 0 radical (unpaired) electrons. The number of aryl methyl sites for hydroxylation is 2. The summed E-state index contributed by atoms with van der Waals surface area (Å²) in [5.41, 5.74) is -0.461. The van der Waals surface area contributed by atoms with E-state index in [4.69, 9.17) is 11.2 Å². The van der Waals surface area contributed by atoms with Crippen LogP contribution in [-0.4, -0.2) is 21.7 Å². The Hall–Kier alpha value is -2.33. The number of rotatable bonds is 3. The van der Waals surface area contributed by atoms with Crippen LogP contribution in [0.25, 0.3) is 10.2 Å². The zero-order valence-electron chi connectivity index (χ0n) is 11.9. The lowest BCUT2D eigenvalue weighted by Gasteiger charge is -2.05. The zero-order chi connectivity index (χ0) is 15.7. The maximum Gasteiger partial charge on any atom is 0.348 e. The van der Waals surface area contributed by atoms with Gasteiger partial charge in [0.25, 0.3) is 5.56 Å². The standard InChI is InChI=1S/C14H14N2O4S/c1-5-7-16-11(17)9-8(3)10(13(18)20-6-2)21-12(9)15(4)14(16)19/h1H,6-7H2,2-4H3. The first-order valence-corrected chi connectivity index (χ1v) is 7.09. The third kappa shape index (κ3) is 2.28. The molecule has 0 aliphatic carbocycles. The summed E-state index contributed by atoms with van der Waals surface area (Å²) in [4.78, 5) is 37.2. The molecule has 0 atom stereocenters. The number of terminal acetylenes is 1. The molecule has 0 N–H and O–H groups in total. The number of aromatic nitrogens is 2. The van der Waals surface area contributed by atoms with E-state index in [1.807, 2.05) is 0 Å². The lowest BCUT2D eigenvalue weighted by Crippen LogP contribution is -2.38. The van der Waals surface area contributed by atoms with E-state index in [2.05, 4.69) is 5.92 Å². The second-order valence-electron chi connectivity index (χ2n) is 4.39. The largest absolute Gasteiger partial charge is 0.462 e. The van der Waals surface area contributed by atoms with Crippen LogP contribution in [0.3, 0.4) is 0 Å². The van der Waals surface area contributed by atoms with E-state index in [1.54, 1.807) is 20.9 Å². The Morgan fingerprint density at radius 1 is 1.43 bits per heavy atom. The lowest BCUT2D eigenvalue weighted by molar-refractivity contribution is 0.0531. The normalized spacial score (nSPS) is 10.6. The van der Waals surface area contributed by atoms with Crippen molar-refractivity contribution in [3.8, 4) is 12.3 Å². The van der Waals surface area contributed by atoms with Gasteiger partial charge in [0.1, 0.15) is 9.71 Å². The number of nitrogens with zero attached hydrogens (tertiary/aromatic N) is 2. The predicted octanol–water partition coefficient (Wildman–Crippen LogP) is 0.880. The molecule has 0 aromatic carbocycles. The van der Waals surface area contributed by atoms with E-state index < -0.39 is 17.2 Å². The number of hydrogen-bond acceptors (Lipinski definition) is 5. The fourth-order valence-corrected chi connectivity index (χ4v) is 3.25. The Kier molecular flexibility index (Phi) is 4.00. The Morgan fingerprint density at radius 3 is 2.67 bits per heavy atom. The average Bonchev–Trinajstić information content (AvgIpc) is 2.79. The van der Waals surface area contributed by atoms with Crippen LogP contribution < -0.4 is 11.2 Å². The highest BCUT2D eigenvalue weighted by molar-refractivity contribution is 7.20. The van der Waals surface area contributed by atoms with Gasteiger partial charge >= 0.3 is 11.7 Å². The highest BCUT2D eigenvalue weighted by Crippen LogP contribution is 2.27. The highest BCUT2D eigenvalue weighted by Gasteiger charge is 2.22. The van der Waals surface area contributed by atoms with Crippen molar-refractivity contribution >= 4 is 27.5 Å². The summed E-state index contributed by atoms with van der Waals surface area (Å²) in [5.74, 6) is 1.79. The van der Waals surface area contributed by atoms with Gasteiger partial charge in [-0.05, 0) is 19.4 Å². The van der Waals surface area contributed by atoms with Crippen molar-refractivity contribution in [3.05, 3.63) is 31.3 Å².